The third-order valence-electron chi connectivity index (χ3n) is 3.98. The normalized spacial score (nSPS) is 10.6. The van der Waals surface area contributed by atoms with Crippen LogP contribution >= 0.6 is 11.6 Å². The Labute approximate surface area is 165 Å². The molecular weight excluding hydrogens is 384 g/mol. The van der Waals surface area contributed by atoms with Gasteiger partial charge in [0, 0.05) is 36.4 Å². The molecule has 9 heteroatoms. The molecule has 2 aromatic carbocycles. The van der Waals surface area contributed by atoms with Crippen molar-refractivity contribution in [2.24, 2.45) is 0 Å². The molecule has 1 heterocycles. The van der Waals surface area contributed by atoms with Gasteiger partial charge in [-0.25, -0.2) is 4.68 Å². The molecule has 1 aromatic heterocycles. The smallest absolute Gasteiger partial charge is 0.270 e. The van der Waals surface area contributed by atoms with Crippen molar-refractivity contribution in [1.29, 1.82) is 0 Å². The summed E-state index contributed by atoms with van der Waals surface area (Å²) < 4.78 is 6.46. The Balaban J connectivity index is 2.00. The largest absolute Gasteiger partial charge is 0.383 e. The number of nitro groups is 1. The van der Waals surface area contributed by atoms with Gasteiger partial charge >= 0.3 is 0 Å². The summed E-state index contributed by atoms with van der Waals surface area (Å²) in [5.74, 6) is -0.312. The Morgan fingerprint density at radius 1 is 1.21 bits per heavy atom. The molecule has 0 saturated carbocycles. The number of aromatic nitrogens is 2. The number of carbonyl (C=O) groups excluding carboxylic acids is 1. The topological polar surface area (TPSA) is 99.3 Å². The lowest BCUT2D eigenvalue weighted by atomic mass is 10.1. The van der Waals surface area contributed by atoms with Gasteiger partial charge in [-0.3, -0.25) is 14.9 Å². The van der Waals surface area contributed by atoms with Crippen molar-refractivity contribution in [3.8, 4) is 16.9 Å². The summed E-state index contributed by atoms with van der Waals surface area (Å²) in [4.78, 5) is 23.0. The molecule has 0 aliphatic rings. The zero-order chi connectivity index (χ0) is 20.1. The average molecular weight is 401 g/mol. The standard InChI is InChI=1S/C19H17ClN4O4/c1-28-11-10-21-19(25)18-12-17(13-2-6-16(7-3-13)24(26)27)22-23(18)15-8-4-14(20)5-9-15/h2-9,12H,10-11H2,1H3,(H,21,25). The number of hydrogen-bond donors (Lipinski definition) is 1. The SMILES string of the molecule is COCCNC(=O)c1cc(-c2ccc([N+](=O)[O-])cc2)nn1-c1ccc(Cl)cc1. The lowest BCUT2D eigenvalue weighted by molar-refractivity contribution is -0.384. The monoisotopic (exact) mass is 400 g/mol. The van der Waals surface area contributed by atoms with Crippen molar-refractivity contribution in [3.05, 3.63) is 75.4 Å². The minimum Gasteiger partial charge on any atom is -0.383 e. The first kappa shape index (κ1) is 19.5. The first-order valence-corrected chi connectivity index (χ1v) is 8.75. The van der Waals surface area contributed by atoms with Gasteiger partial charge in [0.15, 0.2) is 0 Å². The molecule has 0 saturated heterocycles. The highest BCUT2D eigenvalue weighted by molar-refractivity contribution is 6.30. The lowest BCUT2D eigenvalue weighted by Crippen LogP contribution is -2.28. The van der Waals surface area contributed by atoms with Gasteiger partial charge in [-0.15, -0.1) is 0 Å². The van der Waals surface area contributed by atoms with Gasteiger partial charge in [-0.2, -0.15) is 5.10 Å². The minimum atomic E-state index is -0.467. The Morgan fingerprint density at radius 2 is 1.89 bits per heavy atom. The van der Waals surface area contributed by atoms with Gasteiger partial charge in [0.1, 0.15) is 5.69 Å². The third kappa shape index (κ3) is 4.36. The molecule has 3 aromatic rings. The van der Waals surface area contributed by atoms with Gasteiger partial charge in [0.25, 0.3) is 11.6 Å². The second-order valence-electron chi connectivity index (χ2n) is 5.86. The maximum absolute atomic E-state index is 12.6. The lowest BCUT2D eigenvalue weighted by Gasteiger charge is -2.08. The fraction of sp³-hybridized carbons (Fsp3) is 0.158. The van der Waals surface area contributed by atoms with E-state index in [0.29, 0.717) is 40.8 Å². The molecule has 0 aliphatic carbocycles. The van der Waals surface area contributed by atoms with Crippen LogP contribution in [0.3, 0.4) is 0 Å². The number of benzene rings is 2. The molecular formula is C19H17ClN4O4. The van der Waals surface area contributed by atoms with Crippen molar-refractivity contribution < 1.29 is 14.5 Å². The summed E-state index contributed by atoms with van der Waals surface area (Å²) in [5, 5.41) is 18.7. The van der Waals surface area contributed by atoms with Crippen LogP contribution in [0.2, 0.25) is 5.02 Å². The van der Waals surface area contributed by atoms with Crippen molar-refractivity contribution >= 4 is 23.2 Å². The number of nitrogens with zero attached hydrogens (tertiary/aromatic N) is 3. The molecule has 0 radical (unpaired) electrons. The third-order valence-corrected chi connectivity index (χ3v) is 4.23. The molecule has 3 rings (SSSR count). The fourth-order valence-corrected chi connectivity index (χ4v) is 2.70. The van der Waals surface area contributed by atoms with E-state index >= 15 is 0 Å². The van der Waals surface area contributed by atoms with E-state index < -0.39 is 4.92 Å². The molecule has 8 nitrogen and oxygen atoms in total. The summed E-state index contributed by atoms with van der Waals surface area (Å²) in [6.45, 7) is 0.740. The van der Waals surface area contributed by atoms with E-state index in [2.05, 4.69) is 10.4 Å². The summed E-state index contributed by atoms with van der Waals surface area (Å²) >= 11 is 5.95. The van der Waals surface area contributed by atoms with Crippen LogP contribution in [0.4, 0.5) is 5.69 Å². The summed E-state index contributed by atoms with van der Waals surface area (Å²) in [6, 6.07) is 14.5. The highest BCUT2D eigenvalue weighted by atomic mass is 35.5. The van der Waals surface area contributed by atoms with E-state index in [1.807, 2.05) is 0 Å². The maximum Gasteiger partial charge on any atom is 0.270 e. The number of halogens is 1. The van der Waals surface area contributed by atoms with E-state index in [-0.39, 0.29) is 11.6 Å². The molecule has 1 amide bonds. The molecule has 0 aliphatic heterocycles. The van der Waals surface area contributed by atoms with Crippen LogP contribution in [0, 0.1) is 10.1 Å². The van der Waals surface area contributed by atoms with Gasteiger partial charge in [-0.1, -0.05) is 11.6 Å². The highest BCUT2D eigenvalue weighted by Crippen LogP contribution is 2.24. The summed E-state index contributed by atoms with van der Waals surface area (Å²) in [7, 11) is 1.55. The molecule has 0 fully saturated rings. The average Bonchev–Trinajstić information content (AvgIpc) is 3.14. The molecule has 144 valence electrons. The van der Waals surface area contributed by atoms with Gasteiger partial charge in [0.2, 0.25) is 0 Å². The van der Waals surface area contributed by atoms with Crippen molar-refractivity contribution in [2.45, 2.75) is 0 Å². The molecule has 28 heavy (non-hydrogen) atoms. The summed E-state index contributed by atoms with van der Waals surface area (Å²) in [6.07, 6.45) is 0. The number of rotatable bonds is 7. The van der Waals surface area contributed by atoms with Crippen LogP contribution in [0.15, 0.2) is 54.6 Å². The maximum atomic E-state index is 12.6. The second kappa shape index (κ2) is 8.64. The van der Waals surface area contributed by atoms with Crippen LogP contribution in [-0.4, -0.2) is 40.9 Å². The molecule has 0 unspecified atom stereocenters. The van der Waals surface area contributed by atoms with Crippen molar-refractivity contribution in [3.63, 3.8) is 0 Å². The van der Waals surface area contributed by atoms with E-state index in [0.717, 1.165) is 0 Å². The number of carbonyl (C=O) groups is 1. The van der Waals surface area contributed by atoms with E-state index in [1.54, 1.807) is 49.6 Å². The second-order valence-corrected chi connectivity index (χ2v) is 6.29. The predicted octanol–water partition coefficient (Wildman–Crippen LogP) is 3.48. The van der Waals surface area contributed by atoms with E-state index in [9.17, 15) is 14.9 Å². The zero-order valence-corrected chi connectivity index (χ0v) is 15.7. The number of non-ortho nitro benzene ring substituents is 1. The quantitative estimate of drug-likeness (QED) is 0.372. The fourth-order valence-electron chi connectivity index (χ4n) is 2.57. The summed E-state index contributed by atoms with van der Waals surface area (Å²) in [5.41, 5.74) is 2.14. The van der Waals surface area contributed by atoms with E-state index in [1.165, 1.54) is 16.8 Å². The number of nitro benzene ring substituents is 1. The van der Waals surface area contributed by atoms with E-state index in [4.69, 9.17) is 16.3 Å². The Morgan fingerprint density at radius 3 is 2.50 bits per heavy atom. The van der Waals surface area contributed by atoms with Gasteiger partial charge < -0.3 is 10.1 Å². The van der Waals surface area contributed by atoms with Gasteiger partial charge in [0.05, 0.1) is 22.9 Å². The highest BCUT2D eigenvalue weighted by Gasteiger charge is 2.18. The number of ether oxygens (including phenoxy) is 1. The van der Waals surface area contributed by atoms with Crippen LogP contribution < -0.4 is 5.32 Å². The number of nitrogens with one attached hydrogen (secondary N) is 1. The van der Waals surface area contributed by atoms with Crippen LogP contribution in [0.1, 0.15) is 10.5 Å². The Hall–Kier alpha value is -3.23. The van der Waals surface area contributed by atoms with Crippen molar-refractivity contribution in [2.75, 3.05) is 20.3 Å². The van der Waals surface area contributed by atoms with Crippen LogP contribution in [0.25, 0.3) is 16.9 Å². The number of hydrogen-bond acceptors (Lipinski definition) is 5. The number of amides is 1. The predicted molar refractivity (Wildman–Crippen MR) is 105 cm³/mol. The van der Waals surface area contributed by atoms with Crippen LogP contribution in [-0.2, 0) is 4.74 Å². The molecule has 0 spiro atoms. The molecule has 0 bridgehead atoms. The molecule has 0 atom stereocenters. The zero-order valence-electron chi connectivity index (χ0n) is 15.0. The minimum absolute atomic E-state index is 0.0154. The first-order valence-electron chi connectivity index (χ1n) is 8.37. The van der Waals surface area contributed by atoms with Crippen LogP contribution in [0.5, 0.6) is 0 Å². The first-order chi connectivity index (χ1) is 13.5. The number of methoxy groups -OCH3 is 1. The Kier molecular flexibility index (Phi) is 6.03. The van der Waals surface area contributed by atoms with Gasteiger partial charge in [-0.05, 0) is 42.5 Å². The molecule has 1 N–H and O–H groups in total. The Bertz CT molecular complexity index is 984. The van der Waals surface area contributed by atoms with Crippen molar-refractivity contribution in [1.82, 2.24) is 15.1 Å².